The molecule has 0 fully saturated rings. The van der Waals surface area contributed by atoms with Gasteiger partial charge in [0.15, 0.2) is 0 Å². The maximum absolute atomic E-state index is 11.4. The second-order valence-electron chi connectivity index (χ2n) is 2.78. The SMILES string of the molecule is CCNC(=O)CN(CC)S(=O)(=O)CC. The molecule has 0 atom stereocenters. The van der Waals surface area contributed by atoms with E-state index in [1.54, 1.807) is 20.8 Å². The van der Waals surface area contributed by atoms with E-state index in [0.717, 1.165) is 0 Å². The molecular weight excluding hydrogens is 204 g/mol. The van der Waals surface area contributed by atoms with Gasteiger partial charge in [-0.1, -0.05) is 6.92 Å². The molecule has 0 radical (unpaired) electrons. The summed E-state index contributed by atoms with van der Waals surface area (Å²) in [6.07, 6.45) is 0. The highest BCUT2D eigenvalue weighted by molar-refractivity contribution is 7.89. The van der Waals surface area contributed by atoms with Gasteiger partial charge in [-0.3, -0.25) is 4.79 Å². The molecule has 5 nitrogen and oxygen atoms in total. The van der Waals surface area contributed by atoms with Gasteiger partial charge in [0.25, 0.3) is 0 Å². The Balaban J connectivity index is 4.38. The number of sulfonamides is 1. The first kappa shape index (κ1) is 13.4. The Bertz CT molecular complexity index is 274. The van der Waals surface area contributed by atoms with Crippen molar-refractivity contribution in [2.24, 2.45) is 0 Å². The minimum atomic E-state index is -3.25. The minimum absolute atomic E-state index is 0.0280. The summed E-state index contributed by atoms with van der Waals surface area (Å²) in [7, 11) is -3.25. The Kier molecular flexibility index (Phi) is 5.71. The number of nitrogens with zero attached hydrogens (tertiary/aromatic N) is 1. The molecule has 0 aromatic rings. The van der Waals surface area contributed by atoms with E-state index in [0.29, 0.717) is 13.1 Å². The van der Waals surface area contributed by atoms with Gasteiger partial charge in [-0.2, -0.15) is 4.31 Å². The van der Waals surface area contributed by atoms with Crippen LogP contribution in [0.25, 0.3) is 0 Å². The Hall–Kier alpha value is -0.620. The van der Waals surface area contributed by atoms with Crippen molar-refractivity contribution in [2.75, 3.05) is 25.4 Å². The summed E-state index contributed by atoms with van der Waals surface area (Å²) in [5, 5.41) is 2.56. The summed E-state index contributed by atoms with van der Waals surface area (Å²) < 4.78 is 24.0. The number of amides is 1. The average Bonchev–Trinajstić information content (AvgIpc) is 2.14. The highest BCUT2D eigenvalue weighted by Gasteiger charge is 2.20. The fourth-order valence-corrected chi connectivity index (χ4v) is 2.08. The summed E-state index contributed by atoms with van der Waals surface area (Å²) in [6.45, 7) is 5.83. The van der Waals surface area contributed by atoms with Crippen LogP contribution in [0.4, 0.5) is 0 Å². The fraction of sp³-hybridized carbons (Fsp3) is 0.875. The lowest BCUT2D eigenvalue weighted by molar-refractivity contribution is -0.121. The minimum Gasteiger partial charge on any atom is -0.355 e. The van der Waals surface area contributed by atoms with Crippen LogP contribution in [0, 0.1) is 0 Å². The lowest BCUT2D eigenvalue weighted by atomic mass is 10.5. The monoisotopic (exact) mass is 222 g/mol. The van der Waals surface area contributed by atoms with Crippen LogP contribution in [0.1, 0.15) is 20.8 Å². The molecule has 0 aliphatic rings. The summed E-state index contributed by atoms with van der Waals surface area (Å²) in [4.78, 5) is 11.2. The summed E-state index contributed by atoms with van der Waals surface area (Å²) in [5.41, 5.74) is 0. The average molecular weight is 222 g/mol. The molecule has 6 heteroatoms. The standard InChI is InChI=1S/C8H18N2O3S/c1-4-9-8(11)7-10(5-2)14(12,13)6-3/h4-7H2,1-3H3,(H,9,11). The van der Waals surface area contributed by atoms with Gasteiger partial charge in [0.05, 0.1) is 12.3 Å². The summed E-state index contributed by atoms with van der Waals surface area (Å²) in [5.74, 6) is -0.230. The largest absolute Gasteiger partial charge is 0.355 e. The van der Waals surface area contributed by atoms with Crippen molar-refractivity contribution in [3.05, 3.63) is 0 Å². The Labute approximate surface area is 85.5 Å². The molecule has 0 unspecified atom stereocenters. The normalized spacial score (nSPS) is 11.7. The van der Waals surface area contributed by atoms with E-state index in [1.807, 2.05) is 0 Å². The number of hydrogen-bond acceptors (Lipinski definition) is 3. The Morgan fingerprint density at radius 1 is 1.29 bits per heavy atom. The van der Waals surface area contributed by atoms with E-state index >= 15 is 0 Å². The van der Waals surface area contributed by atoms with E-state index in [9.17, 15) is 13.2 Å². The lowest BCUT2D eigenvalue weighted by Crippen LogP contribution is -2.41. The number of carbonyl (C=O) groups is 1. The van der Waals surface area contributed by atoms with Crippen LogP contribution in [-0.4, -0.2) is 44.0 Å². The number of rotatable bonds is 6. The first-order valence-electron chi connectivity index (χ1n) is 4.72. The van der Waals surface area contributed by atoms with Gasteiger partial charge in [-0.25, -0.2) is 8.42 Å². The first-order valence-corrected chi connectivity index (χ1v) is 6.33. The third-order valence-electron chi connectivity index (χ3n) is 1.80. The van der Waals surface area contributed by atoms with Gasteiger partial charge in [0.1, 0.15) is 0 Å². The van der Waals surface area contributed by atoms with Crippen molar-refractivity contribution >= 4 is 15.9 Å². The van der Waals surface area contributed by atoms with E-state index in [2.05, 4.69) is 5.32 Å². The van der Waals surface area contributed by atoms with Gasteiger partial charge in [-0.15, -0.1) is 0 Å². The zero-order valence-electron chi connectivity index (χ0n) is 8.91. The zero-order chi connectivity index (χ0) is 11.2. The molecular formula is C8H18N2O3S. The molecule has 0 aromatic carbocycles. The molecule has 0 saturated carbocycles. The lowest BCUT2D eigenvalue weighted by Gasteiger charge is -2.18. The van der Waals surface area contributed by atoms with Gasteiger partial charge in [-0.05, 0) is 13.8 Å². The number of hydrogen-bond donors (Lipinski definition) is 1. The van der Waals surface area contributed by atoms with Gasteiger partial charge >= 0.3 is 0 Å². The molecule has 0 spiro atoms. The maximum Gasteiger partial charge on any atom is 0.235 e. The third kappa shape index (κ3) is 4.06. The molecule has 0 aliphatic carbocycles. The smallest absolute Gasteiger partial charge is 0.235 e. The van der Waals surface area contributed by atoms with Crippen molar-refractivity contribution in [3.8, 4) is 0 Å². The number of carbonyl (C=O) groups excluding carboxylic acids is 1. The van der Waals surface area contributed by atoms with Crippen molar-refractivity contribution in [1.29, 1.82) is 0 Å². The van der Waals surface area contributed by atoms with Gasteiger partial charge < -0.3 is 5.32 Å². The van der Waals surface area contributed by atoms with E-state index < -0.39 is 10.0 Å². The second-order valence-corrected chi connectivity index (χ2v) is 5.04. The Morgan fingerprint density at radius 2 is 1.86 bits per heavy atom. The molecule has 0 saturated heterocycles. The third-order valence-corrected chi connectivity index (χ3v) is 3.71. The molecule has 1 amide bonds. The zero-order valence-corrected chi connectivity index (χ0v) is 9.73. The van der Waals surface area contributed by atoms with Crippen molar-refractivity contribution < 1.29 is 13.2 Å². The fourth-order valence-electron chi connectivity index (χ4n) is 1.00. The molecule has 84 valence electrons. The van der Waals surface area contributed by atoms with Gasteiger partial charge in [0.2, 0.25) is 15.9 Å². The maximum atomic E-state index is 11.4. The van der Waals surface area contributed by atoms with Crippen LogP contribution in [0.3, 0.4) is 0 Å². The predicted molar refractivity (Wildman–Crippen MR) is 55.4 cm³/mol. The molecule has 0 bridgehead atoms. The quantitative estimate of drug-likeness (QED) is 0.676. The van der Waals surface area contributed by atoms with Crippen LogP contribution in [-0.2, 0) is 14.8 Å². The molecule has 0 aliphatic heterocycles. The van der Waals surface area contributed by atoms with Gasteiger partial charge in [0, 0.05) is 13.1 Å². The van der Waals surface area contributed by atoms with E-state index in [-0.39, 0.29) is 18.2 Å². The molecule has 0 heterocycles. The highest BCUT2D eigenvalue weighted by atomic mass is 32.2. The van der Waals surface area contributed by atoms with Crippen LogP contribution in [0.5, 0.6) is 0 Å². The predicted octanol–water partition coefficient (Wildman–Crippen LogP) is -0.206. The Morgan fingerprint density at radius 3 is 2.21 bits per heavy atom. The highest BCUT2D eigenvalue weighted by Crippen LogP contribution is 1.99. The van der Waals surface area contributed by atoms with Crippen molar-refractivity contribution in [1.82, 2.24) is 9.62 Å². The van der Waals surface area contributed by atoms with Crippen molar-refractivity contribution in [3.63, 3.8) is 0 Å². The second kappa shape index (κ2) is 5.98. The number of likely N-dealkylation sites (N-methyl/N-ethyl adjacent to an activating group) is 2. The molecule has 0 rings (SSSR count). The summed E-state index contributed by atoms with van der Waals surface area (Å²) in [6, 6.07) is 0. The topological polar surface area (TPSA) is 66.5 Å². The van der Waals surface area contributed by atoms with Crippen LogP contribution in [0.15, 0.2) is 0 Å². The molecule has 14 heavy (non-hydrogen) atoms. The first-order chi connectivity index (χ1) is 6.47. The molecule has 0 aromatic heterocycles. The number of nitrogens with one attached hydrogen (secondary N) is 1. The molecule has 1 N–H and O–H groups in total. The van der Waals surface area contributed by atoms with E-state index in [4.69, 9.17) is 0 Å². The van der Waals surface area contributed by atoms with E-state index in [1.165, 1.54) is 4.31 Å². The summed E-state index contributed by atoms with van der Waals surface area (Å²) >= 11 is 0. The van der Waals surface area contributed by atoms with Crippen LogP contribution >= 0.6 is 0 Å². The van der Waals surface area contributed by atoms with Crippen molar-refractivity contribution in [2.45, 2.75) is 20.8 Å². The van der Waals surface area contributed by atoms with Crippen LogP contribution in [0.2, 0.25) is 0 Å². The van der Waals surface area contributed by atoms with Crippen LogP contribution < -0.4 is 5.32 Å².